The Kier molecular flexibility index (Phi) is 1.92. The number of aliphatic carboxylic acids is 1. The van der Waals surface area contributed by atoms with Crippen molar-refractivity contribution >= 4 is 5.97 Å². The molecule has 0 heterocycles. The summed E-state index contributed by atoms with van der Waals surface area (Å²) in [6.45, 7) is 0. The third kappa shape index (κ3) is 1.26. The molecule has 5 heteroatoms. The fourth-order valence-corrected chi connectivity index (χ4v) is 1.68. The monoisotopic (exact) mass is 214 g/mol. The molecule has 2 rings (SSSR count). The lowest BCUT2D eigenvalue weighted by molar-refractivity contribution is -0.140. The van der Waals surface area contributed by atoms with E-state index in [2.05, 4.69) is 0 Å². The van der Waals surface area contributed by atoms with E-state index in [0.29, 0.717) is 0 Å². The van der Waals surface area contributed by atoms with Crippen molar-refractivity contribution in [1.29, 1.82) is 0 Å². The zero-order valence-corrected chi connectivity index (χ0v) is 7.63. The van der Waals surface area contributed by atoms with E-state index in [0.717, 1.165) is 12.1 Å². The number of halogens is 2. The molecule has 1 aliphatic carbocycles. The van der Waals surface area contributed by atoms with Crippen LogP contribution in [0.2, 0.25) is 0 Å². The summed E-state index contributed by atoms with van der Waals surface area (Å²) in [5.41, 5.74) is -2.01. The van der Waals surface area contributed by atoms with Crippen LogP contribution in [0.3, 0.4) is 0 Å². The van der Waals surface area contributed by atoms with Crippen molar-refractivity contribution in [2.75, 3.05) is 0 Å². The SMILES string of the molecule is O=C(O)C1(c2c(F)ccc(O)c2F)CC1. The Morgan fingerprint density at radius 1 is 1.33 bits per heavy atom. The second kappa shape index (κ2) is 2.92. The van der Waals surface area contributed by atoms with Gasteiger partial charge in [-0.2, -0.15) is 0 Å². The molecule has 0 spiro atoms. The van der Waals surface area contributed by atoms with Gasteiger partial charge >= 0.3 is 5.97 Å². The van der Waals surface area contributed by atoms with Gasteiger partial charge in [0.05, 0.1) is 5.41 Å². The maximum atomic E-state index is 13.4. The van der Waals surface area contributed by atoms with Crippen molar-refractivity contribution in [3.05, 3.63) is 29.3 Å². The largest absolute Gasteiger partial charge is 0.505 e. The minimum absolute atomic E-state index is 0.194. The smallest absolute Gasteiger partial charge is 0.314 e. The molecule has 1 aromatic carbocycles. The summed E-state index contributed by atoms with van der Waals surface area (Å²) in [7, 11) is 0. The first-order chi connectivity index (χ1) is 6.99. The summed E-state index contributed by atoms with van der Waals surface area (Å²) in [5, 5.41) is 17.9. The number of phenols is 1. The zero-order chi connectivity index (χ0) is 11.2. The van der Waals surface area contributed by atoms with Crippen molar-refractivity contribution in [1.82, 2.24) is 0 Å². The maximum Gasteiger partial charge on any atom is 0.314 e. The molecular formula is C10H8F2O3. The molecule has 0 radical (unpaired) electrons. The molecule has 1 aliphatic rings. The van der Waals surface area contributed by atoms with Gasteiger partial charge in [-0.3, -0.25) is 4.79 Å². The minimum atomic E-state index is -1.48. The molecule has 0 aromatic heterocycles. The highest BCUT2D eigenvalue weighted by atomic mass is 19.1. The van der Waals surface area contributed by atoms with Gasteiger partial charge in [0.25, 0.3) is 0 Å². The summed E-state index contributed by atoms with van der Waals surface area (Å²) in [6, 6.07) is 1.74. The number of aromatic hydroxyl groups is 1. The number of carboxylic acids is 1. The van der Waals surface area contributed by atoms with E-state index < -0.39 is 34.3 Å². The van der Waals surface area contributed by atoms with Gasteiger partial charge in [-0.1, -0.05) is 0 Å². The summed E-state index contributed by atoms with van der Waals surface area (Å²) in [6.07, 6.45) is 0.388. The highest BCUT2D eigenvalue weighted by Crippen LogP contribution is 2.51. The topological polar surface area (TPSA) is 57.5 Å². The lowest BCUT2D eigenvalue weighted by atomic mass is 9.94. The fourth-order valence-electron chi connectivity index (χ4n) is 1.68. The van der Waals surface area contributed by atoms with Gasteiger partial charge in [0, 0.05) is 5.56 Å². The Balaban J connectivity index is 2.62. The molecule has 80 valence electrons. The van der Waals surface area contributed by atoms with Gasteiger partial charge in [0.2, 0.25) is 0 Å². The highest BCUT2D eigenvalue weighted by Gasteiger charge is 2.55. The maximum absolute atomic E-state index is 13.4. The van der Waals surface area contributed by atoms with Gasteiger partial charge < -0.3 is 10.2 Å². The predicted octanol–water partition coefficient (Wildman–Crippen LogP) is 1.79. The third-order valence-corrected chi connectivity index (χ3v) is 2.71. The van der Waals surface area contributed by atoms with Crippen LogP contribution in [0.5, 0.6) is 5.75 Å². The first-order valence-electron chi connectivity index (χ1n) is 4.40. The standard InChI is InChI=1S/C10H8F2O3/c11-5-1-2-6(13)8(12)7(5)10(3-4-10)9(14)15/h1-2,13H,3-4H2,(H,14,15). The van der Waals surface area contributed by atoms with Crippen LogP contribution in [0.1, 0.15) is 18.4 Å². The summed E-state index contributed by atoms with van der Waals surface area (Å²) >= 11 is 0. The molecular weight excluding hydrogens is 206 g/mol. The Labute approximate surface area is 84.0 Å². The Bertz CT molecular complexity index is 439. The molecule has 2 N–H and O–H groups in total. The Morgan fingerprint density at radius 2 is 1.93 bits per heavy atom. The van der Waals surface area contributed by atoms with Crippen LogP contribution in [-0.4, -0.2) is 16.2 Å². The van der Waals surface area contributed by atoms with Crippen LogP contribution in [0.15, 0.2) is 12.1 Å². The van der Waals surface area contributed by atoms with Crippen molar-refractivity contribution < 1.29 is 23.8 Å². The van der Waals surface area contributed by atoms with E-state index in [1.54, 1.807) is 0 Å². The van der Waals surface area contributed by atoms with Crippen LogP contribution in [0.25, 0.3) is 0 Å². The Morgan fingerprint density at radius 3 is 2.40 bits per heavy atom. The Hall–Kier alpha value is -1.65. The van der Waals surface area contributed by atoms with Crippen molar-refractivity contribution in [3.63, 3.8) is 0 Å². The van der Waals surface area contributed by atoms with Gasteiger partial charge in [-0.05, 0) is 25.0 Å². The number of phenolic OH excluding ortho intramolecular Hbond substituents is 1. The molecule has 0 amide bonds. The van der Waals surface area contributed by atoms with E-state index in [1.165, 1.54) is 0 Å². The molecule has 0 saturated heterocycles. The molecule has 0 unspecified atom stereocenters. The van der Waals surface area contributed by atoms with Crippen LogP contribution >= 0.6 is 0 Å². The minimum Gasteiger partial charge on any atom is -0.505 e. The van der Waals surface area contributed by atoms with E-state index >= 15 is 0 Å². The number of rotatable bonds is 2. The number of hydrogen-bond acceptors (Lipinski definition) is 2. The summed E-state index contributed by atoms with van der Waals surface area (Å²) < 4.78 is 26.7. The average molecular weight is 214 g/mol. The fraction of sp³-hybridized carbons (Fsp3) is 0.300. The number of benzene rings is 1. The average Bonchev–Trinajstić information content (AvgIpc) is 2.93. The van der Waals surface area contributed by atoms with Crippen molar-refractivity contribution in [2.45, 2.75) is 18.3 Å². The second-order valence-corrected chi connectivity index (χ2v) is 3.64. The quantitative estimate of drug-likeness (QED) is 0.789. The van der Waals surface area contributed by atoms with E-state index in [4.69, 9.17) is 10.2 Å². The van der Waals surface area contributed by atoms with E-state index in [-0.39, 0.29) is 12.8 Å². The van der Waals surface area contributed by atoms with Gasteiger partial charge in [0.15, 0.2) is 11.6 Å². The molecule has 3 nitrogen and oxygen atoms in total. The summed E-state index contributed by atoms with van der Waals surface area (Å²) in [4.78, 5) is 10.9. The molecule has 15 heavy (non-hydrogen) atoms. The zero-order valence-electron chi connectivity index (χ0n) is 7.63. The van der Waals surface area contributed by atoms with E-state index in [9.17, 15) is 13.6 Å². The van der Waals surface area contributed by atoms with Crippen molar-refractivity contribution in [2.24, 2.45) is 0 Å². The summed E-state index contributed by atoms with van der Waals surface area (Å²) in [5.74, 6) is -4.08. The predicted molar refractivity (Wildman–Crippen MR) is 46.6 cm³/mol. The second-order valence-electron chi connectivity index (χ2n) is 3.64. The first-order valence-corrected chi connectivity index (χ1v) is 4.40. The normalized spacial score (nSPS) is 17.5. The van der Waals surface area contributed by atoms with Gasteiger partial charge in [0.1, 0.15) is 5.82 Å². The highest BCUT2D eigenvalue weighted by molar-refractivity contribution is 5.85. The molecule has 0 aliphatic heterocycles. The van der Waals surface area contributed by atoms with Crippen LogP contribution in [-0.2, 0) is 10.2 Å². The lowest BCUT2D eigenvalue weighted by Crippen LogP contribution is -2.22. The molecule has 0 atom stereocenters. The number of carboxylic acid groups (broad SMARTS) is 1. The van der Waals surface area contributed by atoms with Crippen LogP contribution in [0, 0.1) is 11.6 Å². The van der Waals surface area contributed by atoms with Gasteiger partial charge in [-0.15, -0.1) is 0 Å². The molecule has 1 saturated carbocycles. The molecule has 0 bridgehead atoms. The lowest BCUT2D eigenvalue weighted by Gasteiger charge is -2.12. The van der Waals surface area contributed by atoms with Gasteiger partial charge in [-0.25, -0.2) is 8.78 Å². The molecule has 1 aromatic rings. The van der Waals surface area contributed by atoms with Crippen molar-refractivity contribution in [3.8, 4) is 5.75 Å². The first kappa shape index (κ1) is 9.89. The number of carbonyl (C=O) groups is 1. The number of hydrogen-bond donors (Lipinski definition) is 2. The van der Waals surface area contributed by atoms with Crippen LogP contribution in [0.4, 0.5) is 8.78 Å². The van der Waals surface area contributed by atoms with Crippen LogP contribution < -0.4 is 0 Å². The third-order valence-electron chi connectivity index (χ3n) is 2.71. The molecule has 1 fully saturated rings. The van der Waals surface area contributed by atoms with E-state index in [1.807, 2.05) is 0 Å².